The lowest BCUT2D eigenvalue weighted by atomic mass is 10.1. The molecule has 0 bridgehead atoms. The van der Waals surface area contributed by atoms with Crippen LogP contribution in [-0.4, -0.2) is 41.4 Å². The fraction of sp³-hybridized carbons (Fsp3) is 0.0800. The lowest BCUT2D eigenvalue weighted by Gasteiger charge is -2.12. The molecule has 0 spiro atoms. The van der Waals surface area contributed by atoms with Crippen molar-refractivity contribution in [3.8, 4) is 17.0 Å². The van der Waals surface area contributed by atoms with Gasteiger partial charge in [0.2, 0.25) is 0 Å². The van der Waals surface area contributed by atoms with E-state index in [1.54, 1.807) is 25.4 Å². The van der Waals surface area contributed by atoms with Crippen molar-refractivity contribution < 1.29 is 17.9 Å². The normalized spacial score (nSPS) is 11.4. The minimum absolute atomic E-state index is 0.0629. The number of hydrogen-bond donors (Lipinski definition) is 5. The molecule has 0 aliphatic rings. The Balaban J connectivity index is 1.30. The first-order valence-electron chi connectivity index (χ1n) is 11.1. The number of rotatable bonds is 8. The fourth-order valence-corrected chi connectivity index (χ4v) is 4.89. The first-order valence-corrected chi connectivity index (χ1v) is 12.6. The Kier molecular flexibility index (Phi) is 6.24. The largest absolute Gasteiger partial charge is 0.497 e. The molecule has 0 unspecified atom stereocenters. The van der Waals surface area contributed by atoms with Crippen LogP contribution in [0.2, 0.25) is 0 Å². The van der Waals surface area contributed by atoms with Crippen molar-refractivity contribution in [3.05, 3.63) is 94.8 Å². The van der Waals surface area contributed by atoms with Crippen LogP contribution in [0.3, 0.4) is 0 Å². The van der Waals surface area contributed by atoms with Crippen LogP contribution < -0.4 is 20.5 Å². The van der Waals surface area contributed by atoms with Gasteiger partial charge >= 0.3 is 5.69 Å². The van der Waals surface area contributed by atoms with Crippen LogP contribution in [0.4, 0.5) is 5.69 Å². The molecule has 3 aromatic carbocycles. The Morgan fingerprint density at radius 3 is 2.51 bits per heavy atom. The van der Waals surface area contributed by atoms with Crippen molar-refractivity contribution in [1.82, 2.24) is 25.3 Å². The summed E-state index contributed by atoms with van der Waals surface area (Å²) in [5, 5.41) is 2.76. The SMILES string of the molecule is COc1ccc(-c2cnc(CNC(=O)c3ccccc3NS(=O)(=O)c3ccc4[nH]c(=O)[nH]c4c3)[nH]2)cc1. The van der Waals surface area contributed by atoms with E-state index >= 15 is 0 Å². The number of imidazole rings is 2. The van der Waals surface area contributed by atoms with Crippen LogP contribution in [0.5, 0.6) is 5.75 Å². The maximum atomic E-state index is 13.0. The Morgan fingerprint density at radius 2 is 1.73 bits per heavy atom. The van der Waals surface area contributed by atoms with Crippen LogP contribution in [0.25, 0.3) is 22.3 Å². The molecular weight excluding hydrogens is 496 g/mol. The number of carbonyl (C=O) groups excluding carboxylic acids is 1. The van der Waals surface area contributed by atoms with Crippen LogP contribution in [-0.2, 0) is 16.6 Å². The number of hydrogen-bond acceptors (Lipinski definition) is 6. The average molecular weight is 519 g/mol. The molecule has 0 radical (unpaired) electrons. The molecule has 0 aliphatic carbocycles. The van der Waals surface area contributed by atoms with E-state index in [0.717, 1.165) is 17.0 Å². The van der Waals surface area contributed by atoms with Gasteiger partial charge in [0.1, 0.15) is 11.6 Å². The molecule has 5 rings (SSSR count). The first kappa shape index (κ1) is 23.9. The Labute approximate surface area is 211 Å². The zero-order valence-corrected chi connectivity index (χ0v) is 20.3. The standard InChI is InChI=1S/C25H22N6O5S/c1-36-16-8-6-15(7-9-16)22-13-26-23(28-22)14-27-24(32)18-4-2-3-5-19(18)31-37(34,35)17-10-11-20-21(12-17)30-25(33)29-20/h2-13,31H,14H2,1H3,(H,26,28)(H,27,32)(H2,29,30,33). The first-order chi connectivity index (χ1) is 17.8. The summed E-state index contributed by atoms with van der Waals surface area (Å²) in [6.45, 7) is 0.105. The number of sulfonamides is 1. The topological polar surface area (TPSA) is 162 Å². The van der Waals surface area contributed by atoms with Crippen molar-refractivity contribution >= 4 is 32.7 Å². The predicted octanol–water partition coefficient (Wildman–Crippen LogP) is 2.99. The number of nitrogens with zero attached hydrogens (tertiary/aromatic N) is 1. The zero-order valence-electron chi connectivity index (χ0n) is 19.5. The molecule has 2 aromatic heterocycles. The lowest BCUT2D eigenvalue weighted by Crippen LogP contribution is -2.25. The van der Waals surface area contributed by atoms with E-state index in [4.69, 9.17) is 4.74 Å². The number of H-pyrrole nitrogens is 3. The second kappa shape index (κ2) is 9.66. The van der Waals surface area contributed by atoms with E-state index in [1.807, 2.05) is 24.3 Å². The van der Waals surface area contributed by atoms with E-state index in [1.165, 1.54) is 30.3 Å². The highest BCUT2D eigenvalue weighted by Gasteiger charge is 2.19. The minimum Gasteiger partial charge on any atom is -0.497 e. The zero-order chi connectivity index (χ0) is 26.0. The van der Waals surface area contributed by atoms with Gasteiger partial charge in [0, 0.05) is 0 Å². The van der Waals surface area contributed by atoms with Crippen LogP contribution in [0.15, 0.2) is 82.6 Å². The number of methoxy groups -OCH3 is 1. The third-order valence-electron chi connectivity index (χ3n) is 5.66. The number of para-hydroxylation sites is 1. The summed E-state index contributed by atoms with van der Waals surface area (Å²) in [6.07, 6.45) is 1.67. The molecule has 11 nitrogen and oxygen atoms in total. The van der Waals surface area contributed by atoms with Crippen molar-refractivity contribution in [3.63, 3.8) is 0 Å². The molecule has 12 heteroatoms. The Morgan fingerprint density at radius 1 is 0.973 bits per heavy atom. The monoisotopic (exact) mass is 518 g/mol. The number of fused-ring (bicyclic) bond motifs is 1. The van der Waals surface area contributed by atoms with Gasteiger partial charge in [-0.25, -0.2) is 18.2 Å². The van der Waals surface area contributed by atoms with Gasteiger partial charge in [0.05, 0.1) is 52.7 Å². The third kappa shape index (κ3) is 5.09. The average Bonchev–Trinajstić information content (AvgIpc) is 3.52. The number of ether oxygens (including phenoxy) is 1. The molecule has 1 amide bonds. The summed E-state index contributed by atoms with van der Waals surface area (Å²) >= 11 is 0. The summed E-state index contributed by atoms with van der Waals surface area (Å²) in [5.41, 5.74) is 2.34. The van der Waals surface area contributed by atoms with Crippen LogP contribution in [0, 0.1) is 0 Å². The van der Waals surface area contributed by atoms with Gasteiger partial charge in [-0.1, -0.05) is 12.1 Å². The molecular formula is C25H22N6O5S. The van der Waals surface area contributed by atoms with Gasteiger partial charge in [-0.2, -0.15) is 0 Å². The van der Waals surface area contributed by atoms with Gasteiger partial charge < -0.3 is 25.0 Å². The molecule has 5 aromatic rings. The Hall–Kier alpha value is -4.84. The number of aromatic nitrogens is 4. The van der Waals surface area contributed by atoms with Crippen molar-refractivity contribution in [2.45, 2.75) is 11.4 Å². The summed E-state index contributed by atoms with van der Waals surface area (Å²) < 4.78 is 33.7. The van der Waals surface area contributed by atoms with Crippen molar-refractivity contribution in [1.29, 1.82) is 0 Å². The van der Waals surface area contributed by atoms with Crippen molar-refractivity contribution in [2.75, 3.05) is 11.8 Å². The summed E-state index contributed by atoms with van der Waals surface area (Å²) in [6, 6.07) is 17.9. The highest BCUT2D eigenvalue weighted by Crippen LogP contribution is 2.23. The molecule has 0 aliphatic heterocycles. The van der Waals surface area contributed by atoms with Gasteiger partial charge in [0.25, 0.3) is 15.9 Å². The third-order valence-corrected chi connectivity index (χ3v) is 7.02. The van der Waals surface area contributed by atoms with Gasteiger partial charge in [-0.05, 0) is 60.2 Å². The second-order valence-electron chi connectivity index (χ2n) is 8.09. The van der Waals surface area contributed by atoms with E-state index in [0.29, 0.717) is 16.9 Å². The molecule has 5 N–H and O–H groups in total. The Bertz CT molecular complexity index is 1750. The predicted molar refractivity (Wildman–Crippen MR) is 138 cm³/mol. The molecule has 188 valence electrons. The van der Waals surface area contributed by atoms with E-state index in [9.17, 15) is 18.0 Å². The number of nitrogens with one attached hydrogen (secondary N) is 5. The minimum atomic E-state index is -4.04. The van der Waals surface area contributed by atoms with Crippen LogP contribution >= 0.6 is 0 Å². The molecule has 2 heterocycles. The van der Waals surface area contributed by atoms with Gasteiger partial charge in [-0.15, -0.1) is 0 Å². The molecule has 0 saturated heterocycles. The van der Waals surface area contributed by atoms with E-state index < -0.39 is 21.6 Å². The van der Waals surface area contributed by atoms with Crippen LogP contribution in [0.1, 0.15) is 16.2 Å². The molecule has 0 saturated carbocycles. The highest BCUT2D eigenvalue weighted by atomic mass is 32.2. The number of aromatic amines is 3. The maximum absolute atomic E-state index is 13.0. The summed E-state index contributed by atoms with van der Waals surface area (Å²) in [4.78, 5) is 36.9. The van der Waals surface area contributed by atoms with Crippen molar-refractivity contribution in [2.24, 2.45) is 0 Å². The van der Waals surface area contributed by atoms with E-state index in [-0.39, 0.29) is 22.7 Å². The quantitative estimate of drug-likeness (QED) is 0.212. The van der Waals surface area contributed by atoms with E-state index in [2.05, 4.69) is 30.0 Å². The molecule has 0 fully saturated rings. The number of benzene rings is 3. The summed E-state index contributed by atoms with van der Waals surface area (Å²) in [7, 11) is -2.45. The molecule has 37 heavy (non-hydrogen) atoms. The van der Waals surface area contributed by atoms with Gasteiger partial charge in [0.15, 0.2) is 0 Å². The number of amides is 1. The smallest absolute Gasteiger partial charge is 0.323 e. The number of anilines is 1. The lowest BCUT2D eigenvalue weighted by molar-refractivity contribution is 0.0951. The van der Waals surface area contributed by atoms with Gasteiger partial charge in [-0.3, -0.25) is 9.52 Å². The highest BCUT2D eigenvalue weighted by molar-refractivity contribution is 7.92. The fourth-order valence-electron chi connectivity index (χ4n) is 3.78. The second-order valence-corrected chi connectivity index (χ2v) is 9.77. The summed E-state index contributed by atoms with van der Waals surface area (Å²) in [5.74, 6) is 0.794. The number of carbonyl (C=O) groups is 1. The maximum Gasteiger partial charge on any atom is 0.323 e. The molecule has 0 atom stereocenters.